The van der Waals surface area contributed by atoms with E-state index in [9.17, 15) is 9.90 Å². The Hall–Kier alpha value is -1.59. The normalized spacial score (nSPS) is 12.3. The van der Waals surface area contributed by atoms with E-state index in [4.69, 9.17) is 10.5 Å². The number of amides is 1. The van der Waals surface area contributed by atoms with Crippen molar-refractivity contribution in [3.63, 3.8) is 0 Å². The summed E-state index contributed by atoms with van der Waals surface area (Å²) in [6.07, 6.45) is -1.01. The molecule has 1 amide bonds. The standard InChI is InChI=1S/C13H20N2O3/c1-9(2)18-11-5-3-10(4-6-11)8-15-13(17)12(16)7-14/h3-6,9,12,16H,7-8,14H2,1-2H3,(H,15,17). The van der Waals surface area contributed by atoms with Crippen LogP contribution < -0.4 is 15.8 Å². The zero-order valence-corrected chi connectivity index (χ0v) is 10.7. The number of carbonyl (C=O) groups is 1. The van der Waals surface area contributed by atoms with Gasteiger partial charge in [0.15, 0.2) is 0 Å². The number of hydrogen-bond donors (Lipinski definition) is 3. The monoisotopic (exact) mass is 252 g/mol. The molecule has 1 aromatic rings. The first-order valence-corrected chi connectivity index (χ1v) is 5.94. The molecular formula is C13H20N2O3. The third-order valence-electron chi connectivity index (χ3n) is 2.29. The Morgan fingerprint density at radius 3 is 2.50 bits per heavy atom. The van der Waals surface area contributed by atoms with E-state index in [1.54, 1.807) is 0 Å². The Kier molecular flexibility index (Phi) is 5.61. The largest absolute Gasteiger partial charge is 0.491 e. The lowest BCUT2D eigenvalue weighted by Gasteiger charge is -2.11. The third-order valence-corrected chi connectivity index (χ3v) is 2.29. The molecule has 18 heavy (non-hydrogen) atoms. The van der Waals surface area contributed by atoms with E-state index < -0.39 is 12.0 Å². The number of carbonyl (C=O) groups excluding carboxylic acids is 1. The van der Waals surface area contributed by atoms with Crippen LogP contribution in [0.5, 0.6) is 5.75 Å². The maximum atomic E-state index is 11.3. The van der Waals surface area contributed by atoms with Crippen LogP contribution in [0.3, 0.4) is 0 Å². The number of aliphatic hydroxyl groups is 1. The number of aliphatic hydroxyl groups excluding tert-OH is 1. The van der Waals surface area contributed by atoms with E-state index in [0.29, 0.717) is 6.54 Å². The highest BCUT2D eigenvalue weighted by Crippen LogP contribution is 2.13. The van der Waals surface area contributed by atoms with Crippen molar-refractivity contribution in [3.05, 3.63) is 29.8 Å². The lowest BCUT2D eigenvalue weighted by molar-refractivity contribution is -0.128. The van der Waals surface area contributed by atoms with Crippen LogP contribution in [0, 0.1) is 0 Å². The molecule has 0 aliphatic rings. The number of benzene rings is 1. The van der Waals surface area contributed by atoms with Crippen molar-refractivity contribution in [2.75, 3.05) is 6.54 Å². The van der Waals surface area contributed by atoms with Crippen LogP contribution in [-0.4, -0.2) is 29.8 Å². The molecule has 0 saturated heterocycles. The molecule has 0 aliphatic carbocycles. The van der Waals surface area contributed by atoms with Gasteiger partial charge in [0.05, 0.1) is 6.10 Å². The fraction of sp³-hybridized carbons (Fsp3) is 0.462. The Morgan fingerprint density at radius 2 is 2.00 bits per heavy atom. The molecule has 0 saturated carbocycles. The molecule has 100 valence electrons. The first kappa shape index (κ1) is 14.5. The van der Waals surface area contributed by atoms with Gasteiger partial charge in [0, 0.05) is 13.1 Å². The van der Waals surface area contributed by atoms with Crippen molar-refractivity contribution in [2.45, 2.75) is 32.6 Å². The Morgan fingerprint density at radius 1 is 1.39 bits per heavy atom. The van der Waals surface area contributed by atoms with E-state index in [2.05, 4.69) is 5.32 Å². The molecule has 5 heteroatoms. The summed E-state index contributed by atoms with van der Waals surface area (Å²) >= 11 is 0. The first-order chi connectivity index (χ1) is 8.52. The lowest BCUT2D eigenvalue weighted by Crippen LogP contribution is -2.38. The van der Waals surface area contributed by atoms with Crippen molar-refractivity contribution in [3.8, 4) is 5.75 Å². The SMILES string of the molecule is CC(C)Oc1ccc(CNC(=O)C(O)CN)cc1. The van der Waals surface area contributed by atoms with Crippen LogP contribution in [0.4, 0.5) is 0 Å². The molecule has 0 fully saturated rings. The van der Waals surface area contributed by atoms with Crippen molar-refractivity contribution in [1.29, 1.82) is 0 Å². The van der Waals surface area contributed by atoms with Gasteiger partial charge < -0.3 is 20.9 Å². The highest BCUT2D eigenvalue weighted by molar-refractivity contribution is 5.80. The second-order valence-electron chi connectivity index (χ2n) is 4.28. The Labute approximate surface area is 107 Å². The van der Waals surface area contributed by atoms with Crippen molar-refractivity contribution in [1.82, 2.24) is 5.32 Å². The molecule has 1 unspecified atom stereocenters. The maximum absolute atomic E-state index is 11.3. The van der Waals surface area contributed by atoms with Crippen LogP contribution in [0.15, 0.2) is 24.3 Å². The number of hydrogen-bond acceptors (Lipinski definition) is 4. The van der Waals surface area contributed by atoms with Crippen LogP contribution in [-0.2, 0) is 11.3 Å². The smallest absolute Gasteiger partial charge is 0.250 e. The average Bonchev–Trinajstić information content (AvgIpc) is 2.36. The molecule has 0 aromatic heterocycles. The quantitative estimate of drug-likeness (QED) is 0.684. The average molecular weight is 252 g/mol. The minimum absolute atomic E-state index is 0.0764. The van der Waals surface area contributed by atoms with Gasteiger partial charge in [-0.3, -0.25) is 4.79 Å². The lowest BCUT2D eigenvalue weighted by atomic mass is 10.2. The number of nitrogens with two attached hydrogens (primary N) is 1. The summed E-state index contributed by atoms with van der Waals surface area (Å²) in [7, 11) is 0. The molecule has 0 spiro atoms. The first-order valence-electron chi connectivity index (χ1n) is 5.94. The van der Waals surface area contributed by atoms with Gasteiger partial charge in [-0.15, -0.1) is 0 Å². The fourth-order valence-electron chi connectivity index (χ4n) is 1.37. The van der Waals surface area contributed by atoms with Gasteiger partial charge >= 0.3 is 0 Å². The van der Waals surface area contributed by atoms with E-state index in [0.717, 1.165) is 11.3 Å². The molecule has 5 nitrogen and oxygen atoms in total. The van der Waals surface area contributed by atoms with Crippen LogP contribution in [0.1, 0.15) is 19.4 Å². The van der Waals surface area contributed by atoms with Crippen LogP contribution in [0.25, 0.3) is 0 Å². The zero-order valence-electron chi connectivity index (χ0n) is 10.7. The second-order valence-corrected chi connectivity index (χ2v) is 4.28. The fourth-order valence-corrected chi connectivity index (χ4v) is 1.37. The second kappa shape index (κ2) is 6.98. The van der Waals surface area contributed by atoms with Crippen molar-refractivity contribution < 1.29 is 14.6 Å². The third kappa shape index (κ3) is 4.73. The molecule has 1 aromatic carbocycles. The van der Waals surface area contributed by atoms with Crippen molar-refractivity contribution >= 4 is 5.91 Å². The number of ether oxygens (including phenoxy) is 1. The molecule has 0 radical (unpaired) electrons. The van der Waals surface area contributed by atoms with Gasteiger partial charge in [-0.1, -0.05) is 12.1 Å². The number of rotatable bonds is 6. The predicted molar refractivity (Wildman–Crippen MR) is 69.1 cm³/mol. The van der Waals surface area contributed by atoms with Gasteiger partial charge in [-0.2, -0.15) is 0 Å². The molecule has 0 heterocycles. The summed E-state index contributed by atoms with van der Waals surface area (Å²) in [5.41, 5.74) is 6.11. The summed E-state index contributed by atoms with van der Waals surface area (Å²) in [5.74, 6) is 0.335. The van der Waals surface area contributed by atoms with Crippen molar-refractivity contribution in [2.24, 2.45) is 5.73 Å². The Bertz CT molecular complexity index is 376. The molecule has 1 rings (SSSR count). The molecule has 0 aliphatic heterocycles. The van der Waals surface area contributed by atoms with E-state index in [1.165, 1.54) is 0 Å². The van der Waals surface area contributed by atoms with E-state index in [1.807, 2.05) is 38.1 Å². The van der Waals surface area contributed by atoms with E-state index >= 15 is 0 Å². The highest BCUT2D eigenvalue weighted by atomic mass is 16.5. The van der Waals surface area contributed by atoms with Gasteiger partial charge in [-0.25, -0.2) is 0 Å². The van der Waals surface area contributed by atoms with E-state index in [-0.39, 0.29) is 12.6 Å². The summed E-state index contributed by atoms with van der Waals surface area (Å²) in [5, 5.41) is 11.8. The molecule has 4 N–H and O–H groups in total. The predicted octanol–water partition coefficient (Wildman–Crippen LogP) is 0.410. The zero-order chi connectivity index (χ0) is 13.5. The topological polar surface area (TPSA) is 84.6 Å². The van der Waals surface area contributed by atoms with Gasteiger partial charge in [0.2, 0.25) is 5.91 Å². The summed E-state index contributed by atoms with van der Waals surface area (Å²) in [4.78, 5) is 11.3. The summed E-state index contributed by atoms with van der Waals surface area (Å²) in [6.45, 7) is 4.20. The maximum Gasteiger partial charge on any atom is 0.250 e. The number of nitrogens with one attached hydrogen (secondary N) is 1. The molecule has 1 atom stereocenters. The van der Waals surface area contributed by atoms with Gasteiger partial charge in [-0.05, 0) is 31.5 Å². The van der Waals surface area contributed by atoms with Crippen LogP contribution >= 0.6 is 0 Å². The van der Waals surface area contributed by atoms with Gasteiger partial charge in [0.25, 0.3) is 0 Å². The highest BCUT2D eigenvalue weighted by Gasteiger charge is 2.11. The molecular weight excluding hydrogens is 232 g/mol. The summed E-state index contributed by atoms with van der Waals surface area (Å²) in [6, 6.07) is 7.43. The minimum atomic E-state index is -1.14. The van der Waals surface area contributed by atoms with Crippen LogP contribution in [0.2, 0.25) is 0 Å². The summed E-state index contributed by atoms with van der Waals surface area (Å²) < 4.78 is 5.51. The Balaban J connectivity index is 2.46. The molecule has 0 bridgehead atoms. The minimum Gasteiger partial charge on any atom is -0.491 e. The van der Waals surface area contributed by atoms with Gasteiger partial charge in [0.1, 0.15) is 11.9 Å².